The number of hydrogen-bond donors (Lipinski definition) is 2. The predicted octanol–water partition coefficient (Wildman–Crippen LogP) is 6.07. The molecule has 1 atom stereocenters. The van der Waals surface area contributed by atoms with Gasteiger partial charge in [0, 0.05) is 5.54 Å². The molecule has 0 aliphatic heterocycles. The Bertz CT molecular complexity index is 407. The first kappa shape index (κ1) is 24.9. The highest BCUT2D eigenvalue weighted by Gasteiger charge is 2.25. The smallest absolute Gasteiger partial charge is 0.280 e. The van der Waals surface area contributed by atoms with Gasteiger partial charge in [0.25, 0.3) is 10.1 Å². The van der Waals surface area contributed by atoms with Gasteiger partial charge in [-0.15, -0.1) is 0 Å². The summed E-state index contributed by atoms with van der Waals surface area (Å²) in [5, 5.41) is 2.09. The van der Waals surface area contributed by atoms with E-state index >= 15 is 0 Å². The summed E-state index contributed by atoms with van der Waals surface area (Å²) < 4.78 is 31.2. The van der Waals surface area contributed by atoms with E-state index in [1.54, 1.807) is 0 Å². The summed E-state index contributed by atoms with van der Waals surface area (Å²) in [4.78, 5) is 0. The molecule has 0 aromatic carbocycles. The molecule has 0 aliphatic carbocycles. The van der Waals surface area contributed by atoms with Crippen molar-refractivity contribution in [1.29, 1.82) is 0 Å². The Hall–Kier alpha value is -0.130. The SMILES string of the molecule is CCCCCCCCCCCCCCCC(C)(C)NC(C)S(=O)(=O)O. The third-order valence-corrected chi connectivity index (χ3v) is 5.96. The maximum Gasteiger partial charge on any atom is 0.280 e. The second kappa shape index (κ2) is 14.0. The van der Waals surface area contributed by atoms with Crippen molar-refractivity contribution in [1.82, 2.24) is 5.32 Å². The van der Waals surface area contributed by atoms with Crippen LogP contribution in [0.4, 0.5) is 0 Å². The van der Waals surface area contributed by atoms with Gasteiger partial charge >= 0.3 is 0 Å². The van der Waals surface area contributed by atoms with Gasteiger partial charge < -0.3 is 0 Å². The second-order valence-electron chi connectivity index (χ2n) is 8.18. The van der Waals surface area contributed by atoms with Crippen molar-refractivity contribution in [2.45, 2.75) is 128 Å². The lowest BCUT2D eigenvalue weighted by molar-refractivity contribution is 0.329. The van der Waals surface area contributed by atoms with Gasteiger partial charge in [0.05, 0.1) is 0 Å². The minimum atomic E-state index is -4.00. The van der Waals surface area contributed by atoms with Gasteiger partial charge in [-0.2, -0.15) is 8.42 Å². The Balaban J connectivity index is 3.48. The standard InChI is InChI=1S/C20H43NO3S/c1-5-6-7-8-9-10-11-12-13-14-15-16-17-18-20(3,4)21-19(2)25(22,23)24/h19,21H,5-18H2,1-4H3,(H,22,23,24). The van der Waals surface area contributed by atoms with Crippen LogP contribution in [0.25, 0.3) is 0 Å². The molecule has 152 valence electrons. The van der Waals surface area contributed by atoms with Crippen molar-refractivity contribution in [3.63, 3.8) is 0 Å². The van der Waals surface area contributed by atoms with E-state index in [-0.39, 0.29) is 5.54 Å². The van der Waals surface area contributed by atoms with Crippen molar-refractivity contribution in [2.24, 2.45) is 0 Å². The Morgan fingerprint density at radius 2 is 1.16 bits per heavy atom. The van der Waals surface area contributed by atoms with Crippen LogP contribution in [0.1, 0.15) is 118 Å². The first-order chi connectivity index (χ1) is 11.7. The Kier molecular flexibility index (Phi) is 13.9. The van der Waals surface area contributed by atoms with Crippen LogP contribution in [0.5, 0.6) is 0 Å². The molecule has 0 spiro atoms. The lowest BCUT2D eigenvalue weighted by atomic mass is 9.96. The minimum absolute atomic E-state index is 0.271. The van der Waals surface area contributed by atoms with E-state index < -0.39 is 15.5 Å². The Morgan fingerprint density at radius 1 is 0.800 bits per heavy atom. The highest BCUT2D eigenvalue weighted by Crippen LogP contribution is 2.18. The summed E-state index contributed by atoms with van der Waals surface area (Å²) in [7, 11) is -4.00. The molecule has 25 heavy (non-hydrogen) atoms. The van der Waals surface area contributed by atoms with Crippen LogP contribution in [-0.2, 0) is 10.1 Å². The molecule has 0 saturated carbocycles. The zero-order valence-corrected chi connectivity index (χ0v) is 18.0. The normalized spacial score (nSPS) is 14.0. The third kappa shape index (κ3) is 15.8. The van der Waals surface area contributed by atoms with Crippen LogP contribution in [0.3, 0.4) is 0 Å². The number of unbranched alkanes of at least 4 members (excludes halogenated alkanes) is 12. The quantitative estimate of drug-likeness (QED) is 0.238. The monoisotopic (exact) mass is 377 g/mol. The third-order valence-electron chi connectivity index (χ3n) is 4.95. The molecule has 4 nitrogen and oxygen atoms in total. The van der Waals surface area contributed by atoms with Crippen LogP contribution < -0.4 is 5.32 Å². The lowest BCUT2D eigenvalue weighted by Crippen LogP contribution is -2.47. The maximum atomic E-state index is 11.1. The minimum Gasteiger partial charge on any atom is -0.294 e. The molecule has 5 heteroatoms. The van der Waals surface area contributed by atoms with Gasteiger partial charge in [-0.25, -0.2) is 0 Å². The van der Waals surface area contributed by atoms with E-state index in [2.05, 4.69) is 12.2 Å². The molecule has 0 saturated heterocycles. The fraction of sp³-hybridized carbons (Fsp3) is 1.00. The van der Waals surface area contributed by atoms with Gasteiger partial charge in [-0.05, 0) is 27.2 Å². The van der Waals surface area contributed by atoms with Gasteiger partial charge in [0.2, 0.25) is 0 Å². The first-order valence-electron chi connectivity index (χ1n) is 10.4. The molecule has 2 N–H and O–H groups in total. The summed E-state index contributed by atoms with van der Waals surface area (Å²) >= 11 is 0. The van der Waals surface area contributed by atoms with Crippen molar-refractivity contribution in [2.75, 3.05) is 0 Å². The van der Waals surface area contributed by atoms with E-state index in [0.29, 0.717) is 0 Å². The van der Waals surface area contributed by atoms with Crippen LogP contribution in [-0.4, -0.2) is 23.9 Å². The fourth-order valence-corrected chi connectivity index (χ4v) is 3.75. The van der Waals surface area contributed by atoms with Gasteiger partial charge in [-0.1, -0.05) is 90.4 Å². The molecule has 0 fully saturated rings. The largest absolute Gasteiger partial charge is 0.294 e. The van der Waals surface area contributed by atoms with E-state index in [0.717, 1.165) is 12.8 Å². The molecular weight excluding hydrogens is 334 g/mol. The molecular formula is C20H43NO3S. The average Bonchev–Trinajstić information content (AvgIpc) is 2.50. The average molecular weight is 378 g/mol. The Morgan fingerprint density at radius 3 is 1.52 bits per heavy atom. The Labute approximate surface area is 157 Å². The first-order valence-corrected chi connectivity index (χ1v) is 11.9. The fourth-order valence-electron chi connectivity index (χ4n) is 3.28. The van der Waals surface area contributed by atoms with Gasteiger partial charge in [-0.3, -0.25) is 9.87 Å². The second-order valence-corrected chi connectivity index (χ2v) is 9.92. The molecule has 0 aliphatic rings. The predicted molar refractivity (Wildman–Crippen MR) is 109 cm³/mol. The van der Waals surface area contributed by atoms with Gasteiger partial charge in [0.15, 0.2) is 0 Å². The molecule has 0 amide bonds. The molecule has 1 unspecified atom stereocenters. The van der Waals surface area contributed by atoms with Crippen molar-refractivity contribution < 1.29 is 13.0 Å². The van der Waals surface area contributed by atoms with Crippen LogP contribution >= 0.6 is 0 Å². The molecule has 0 heterocycles. The van der Waals surface area contributed by atoms with Crippen molar-refractivity contribution in [3.05, 3.63) is 0 Å². The number of nitrogens with one attached hydrogen (secondary N) is 1. The topological polar surface area (TPSA) is 66.4 Å². The van der Waals surface area contributed by atoms with Crippen LogP contribution in [0.15, 0.2) is 0 Å². The number of rotatable bonds is 17. The van der Waals surface area contributed by atoms with Crippen molar-refractivity contribution in [3.8, 4) is 0 Å². The molecule has 0 aromatic heterocycles. The summed E-state index contributed by atoms with van der Waals surface area (Å²) in [6, 6.07) is 0. The van der Waals surface area contributed by atoms with E-state index in [4.69, 9.17) is 4.55 Å². The molecule has 0 radical (unpaired) electrons. The maximum absolute atomic E-state index is 11.1. The van der Waals surface area contributed by atoms with Crippen molar-refractivity contribution >= 4 is 10.1 Å². The summed E-state index contributed by atoms with van der Waals surface area (Å²) in [5.74, 6) is 0. The zero-order valence-electron chi connectivity index (χ0n) is 17.1. The van der Waals surface area contributed by atoms with E-state index in [9.17, 15) is 8.42 Å². The number of hydrogen-bond acceptors (Lipinski definition) is 3. The van der Waals surface area contributed by atoms with Crippen LogP contribution in [0, 0.1) is 0 Å². The van der Waals surface area contributed by atoms with E-state index in [1.165, 1.54) is 84.0 Å². The van der Waals surface area contributed by atoms with E-state index in [1.807, 2.05) is 13.8 Å². The highest BCUT2D eigenvalue weighted by molar-refractivity contribution is 7.86. The molecule has 0 aromatic rings. The lowest BCUT2D eigenvalue weighted by Gasteiger charge is -2.29. The van der Waals surface area contributed by atoms with Gasteiger partial charge in [0.1, 0.15) is 5.37 Å². The summed E-state index contributed by atoms with van der Waals surface area (Å²) in [6.07, 6.45) is 18.2. The molecule has 0 rings (SSSR count). The summed E-state index contributed by atoms with van der Waals surface area (Å²) in [6.45, 7) is 7.74. The van der Waals surface area contributed by atoms with Crippen LogP contribution in [0.2, 0.25) is 0 Å². The zero-order chi connectivity index (χ0) is 19.2. The summed E-state index contributed by atoms with van der Waals surface area (Å²) in [5.41, 5.74) is -0.271. The highest BCUT2D eigenvalue weighted by atomic mass is 32.2. The molecule has 0 bridgehead atoms.